The van der Waals surface area contributed by atoms with E-state index >= 15 is 0 Å². The average molecular weight is 570 g/mol. The molecule has 0 saturated carbocycles. The smallest absolute Gasteiger partial charge is 0.264 e. The molecule has 0 atom stereocenters. The Morgan fingerprint density at radius 3 is 2.32 bits per heavy atom. The third kappa shape index (κ3) is 5.93. The van der Waals surface area contributed by atoms with E-state index in [4.69, 9.17) is 23.2 Å². The Bertz CT molecular complexity index is 1600. The summed E-state index contributed by atoms with van der Waals surface area (Å²) in [5.41, 5.74) is 7.53. The number of nitrogens with one attached hydrogen (secondary N) is 1. The number of halogens is 2. The minimum atomic E-state index is -4.11. The quantitative estimate of drug-likeness (QED) is 0.207. The summed E-state index contributed by atoms with van der Waals surface area (Å²) in [6.45, 7) is 5.45. The van der Waals surface area contributed by atoms with Gasteiger partial charge in [0.1, 0.15) is 6.54 Å². The number of anilines is 1. The highest BCUT2D eigenvalue weighted by molar-refractivity contribution is 7.92. The van der Waals surface area contributed by atoms with E-state index in [0.29, 0.717) is 5.02 Å². The molecule has 4 aromatic rings. The number of carbonyl (C=O) groups is 1. The SMILES string of the molecule is Cc1ccc(-n2c(C)cc(/C=N/NC(=O)CN(c3ccc(Cl)cc3Cl)S(=O)(=O)c3ccccc3)c2C)cc1. The Balaban J connectivity index is 1.56. The first-order chi connectivity index (χ1) is 18.1. The third-order valence-electron chi connectivity index (χ3n) is 5.95. The highest BCUT2D eigenvalue weighted by atomic mass is 35.5. The molecule has 0 bridgehead atoms. The van der Waals surface area contributed by atoms with Gasteiger partial charge in [0.25, 0.3) is 15.9 Å². The molecule has 4 rings (SSSR count). The van der Waals surface area contributed by atoms with Gasteiger partial charge in [-0.15, -0.1) is 0 Å². The monoisotopic (exact) mass is 568 g/mol. The van der Waals surface area contributed by atoms with E-state index < -0.39 is 22.5 Å². The van der Waals surface area contributed by atoms with Gasteiger partial charge in [-0.2, -0.15) is 5.10 Å². The van der Waals surface area contributed by atoms with Crippen molar-refractivity contribution in [3.8, 4) is 5.69 Å². The first-order valence-corrected chi connectivity index (χ1v) is 13.9. The van der Waals surface area contributed by atoms with E-state index in [-0.39, 0.29) is 15.6 Å². The number of aryl methyl sites for hydroxylation is 2. The minimum Gasteiger partial charge on any atom is -0.318 e. The number of hydrogen-bond donors (Lipinski definition) is 1. The highest BCUT2D eigenvalue weighted by Crippen LogP contribution is 2.32. The highest BCUT2D eigenvalue weighted by Gasteiger charge is 2.28. The second-order valence-corrected chi connectivity index (χ2v) is 11.4. The predicted octanol–water partition coefficient (Wildman–Crippen LogP) is 6.05. The summed E-state index contributed by atoms with van der Waals surface area (Å²) in [6, 6.07) is 22.3. The number of rotatable bonds is 8. The molecule has 0 fully saturated rings. The number of hydrazone groups is 1. The van der Waals surface area contributed by atoms with E-state index in [1.54, 1.807) is 18.2 Å². The van der Waals surface area contributed by atoms with E-state index in [2.05, 4.69) is 15.1 Å². The van der Waals surface area contributed by atoms with Crippen LogP contribution >= 0.6 is 23.2 Å². The largest absolute Gasteiger partial charge is 0.318 e. The van der Waals surface area contributed by atoms with Crippen molar-refractivity contribution in [1.29, 1.82) is 0 Å². The van der Waals surface area contributed by atoms with Gasteiger partial charge in [0.15, 0.2) is 0 Å². The fraction of sp³-hybridized carbons (Fsp3) is 0.143. The second kappa shape index (κ2) is 11.4. The van der Waals surface area contributed by atoms with Crippen molar-refractivity contribution in [2.75, 3.05) is 10.8 Å². The third-order valence-corrected chi connectivity index (χ3v) is 8.26. The Morgan fingerprint density at radius 1 is 0.974 bits per heavy atom. The van der Waals surface area contributed by atoms with Crippen LogP contribution in [-0.4, -0.2) is 31.7 Å². The summed E-state index contributed by atoms with van der Waals surface area (Å²) >= 11 is 12.3. The van der Waals surface area contributed by atoms with Crippen LogP contribution in [0.1, 0.15) is 22.5 Å². The zero-order valence-corrected chi connectivity index (χ0v) is 23.3. The van der Waals surface area contributed by atoms with E-state index in [1.165, 1.54) is 42.1 Å². The predicted molar refractivity (Wildman–Crippen MR) is 153 cm³/mol. The number of nitrogens with zero attached hydrogens (tertiary/aromatic N) is 3. The van der Waals surface area contributed by atoms with Gasteiger partial charge in [0, 0.05) is 27.7 Å². The second-order valence-electron chi connectivity index (χ2n) is 8.71. The number of sulfonamides is 1. The fourth-order valence-corrected chi connectivity index (χ4v) is 6.07. The van der Waals surface area contributed by atoms with Gasteiger partial charge >= 0.3 is 0 Å². The molecule has 0 saturated heterocycles. The topological polar surface area (TPSA) is 83.8 Å². The molecule has 1 amide bonds. The van der Waals surface area contributed by atoms with Crippen LogP contribution in [0.4, 0.5) is 5.69 Å². The van der Waals surface area contributed by atoms with Crippen LogP contribution in [0.5, 0.6) is 0 Å². The summed E-state index contributed by atoms with van der Waals surface area (Å²) < 4.78 is 29.9. The lowest BCUT2D eigenvalue weighted by atomic mass is 10.2. The maximum absolute atomic E-state index is 13.5. The van der Waals surface area contributed by atoms with Crippen molar-refractivity contribution in [2.24, 2.45) is 5.10 Å². The number of carbonyl (C=O) groups excluding carboxylic acids is 1. The van der Waals surface area contributed by atoms with Crippen LogP contribution in [0.3, 0.4) is 0 Å². The van der Waals surface area contributed by atoms with Crippen LogP contribution in [0.25, 0.3) is 5.69 Å². The molecule has 0 spiro atoms. The molecule has 0 radical (unpaired) electrons. The molecule has 0 aliphatic carbocycles. The zero-order valence-electron chi connectivity index (χ0n) is 21.0. The van der Waals surface area contributed by atoms with Gasteiger partial charge in [-0.3, -0.25) is 9.10 Å². The van der Waals surface area contributed by atoms with Gasteiger partial charge in [-0.1, -0.05) is 59.1 Å². The number of hydrogen-bond acceptors (Lipinski definition) is 4. The molecular weight excluding hydrogens is 543 g/mol. The van der Waals surface area contributed by atoms with Crippen molar-refractivity contribution in [1.82, 2.24) is 9.99 Å². The molecule has 0 unspecified atom stereocenters. The van der Waals surface area contributed by atoms with Crippen molar-refractivity contribution < 1.29 is 13.2 Å². The molecule has 38 heavy (non-hydrogen) atoms. The van der Waals surface area contributed by atoms with Crippen molar-refractivity contribution >= 4 is 51.0 Å². The van der Waals surface area contributed by atoms with Gasteiger partial charge in [-0.25, -0.2) is 13.8 Å². The van der Waals surface area contributed by atoms with E-state index in [9.17, 15) is 13.2 Å². The van der Waals surface area contributed by atoms with Crippen molar-refractivity contribution in [3.63, 3.8) is 0 Å². The summed E-state index contributed by atoms with van der Waals surface area (Å²) in [5.74, 6) is -0.640. The molecule has 3 aromatic carbocycles. The Labute approximate surface area is 232 Å². The molecule has 10 heteroatoms. The molecule has 7 nitrogen and oxygen atoms in total. The maximum Gasteiger partial charge on any atom is 0.264 e. The fourth-order valence-electron chi connectivity index (χ4n) is 4.05. The van der Waals surface area contributed by atoms with Crippen LogP contribution in [0.15, 0.2) is 88.9 Å². The molecule has 196 valence electrons. The minimum absolute atomic E-state index is 0.0193. The maximum atomic E-state index is 13.5. The summed E-state index contributed by atoms with van der Waals surface area (Å²) in [4.78, 5) is 12.9. The van der Waals surface area contributed by atoms with Crippen molar-refractivity contribution in [2.45, 2.75) is 25.7 Å². The Morgan fingerprint density at radius 2 is 1.66 bits per heavy atom. The molecule has 0 aliphatic rings. The van der Waals surface area contributed by atoms with E-state index in [0.717, 1.165) is 26.9 Å². The number of amides is 1. The lowest BCUT2D eigenvalue weighted by molar-refractivity contribution is -0.119. The average Bonchev–Trinajstić information content (AvgIpc) is 3.16. The number of aromatic nitrogens is 1. The Hall–Kier alpha value is -3.59. The van der Waals surface area contributed by atoms with Crippen LogP contribution in [0.2, 0.25) is 10.0 Å². The molecule has 1 N–H and O–H groups in total. The van der Waals surface area contributed by atoms with Gasteiger partial charge in [0.05, 0.1) is 21.8 Å². The first kappa shape index (κ1) is 27.4. The number of benzene rings is 3. The lowest BCUT2D eigenvalue weighted by Gasteiger charge is -2.24. The molecular formula is C28H26Cl2N4O3S. The molecule has 1 heterocycles. The van der Waals surface area contributed by atoms with Crippen molar-refractivity contribution in [3.05, 3.63) is 111 Å². The summed E-state index contributed by atoms with van der Waals surface area (Å²) in [6.07, 6.45) is 1.54. The first-order valence-electron chi connectivity index (χ1n) is 11.7. The standard InChI is InChI=1S/C28H26Cl2N4O3S/c1-19-9-12-24(13-10-19)34-20(2)15-22(21(34)3)17-31-32-28(35)18-33(27-14-11-23(29)16-26(27)30)38(36,37)25-7-5-4-6-8-25/h4-17H,18H2,1-3H3,(H,32,35)/b31-17+. The van der Waals surface area contributed by atoms with Gasteiger partial charge in [-0.05, 0) is 69.3 Å². The Kier molecular flexibility index (Phi) is 8.26. The molecule has 0 aliphatic heterocycles. The van der Waals surface area contributed by atoms with Crippen LogP contribution in [0, 0.1) is 20.8 Å². The summed E-state index contributed by atoms with van der Waals surface area (Å²) in [5, 5.41) is 4.52. The normalized spacial score (nSPS) is 11.6. The van der Waals surface area contributed by atoms with E-state index in [1.807, 2.05) is 51.1 Å². The zero-order chi connectivity index (χ0) is 27.4. The summed E-state index contributed by atoms with van der Waals surface area (Å²) in [7, 11) is -4.11. The lowest BCUT2D eigenvalue weighted by Crippen LogP contribution is -2.39. The van der Waals surface area contributed by atoms with Gasteiger partial charge < -0.3 is 4.57 Å². The van der Waals surface area contributed by atoms with Gasteiger partial charge in [0.2, 0.25) is 0 Å². The molecule has 1 aromatic heterocycles. The van der Waals surface area contributed by atoms with Crippen LogP contribution < -0.4 is 9.73 Å². The van der Waals surface area contributed by atoms with Crippen LogP contribution in [-0.2, 0) is 14.8 Å².